The van der Waals surface area contributed by atoms with E-state index in [4.69, 9.17) is 23.2 Å². The van der Waals surface area contributed by atoms with Crippen molar-refractivity contribution in [2.24, 2.45) is 5.73 Å². The fourth-order valence-corrected chi connectivity index (χ4v) is 1.32. The van der Waals surface area contributed by atoms with Gasteiger partial charge in [-0.2, -0.15) is 5.26 Å². The van der Waals surface area contributed by atoms with Gasteiger partial charge in [-0.25, -0.2) is 0 Å². The predicted octanol–water partition coefficient (Wildman–Crippen LogP) is 1.45. The third-order valence-corrected chi connectivity index (χ3v) is 2.02. The Morgan fingerprint density at radius 2 is 2.07 bits per heavy atom. The molecule has 1 atom stereocenters. The van der Waals surface area contributed by atoms with Crippen LogP contribution in [0.1, 0.15) is 24.1 Å². The fourth-order valence-electron chi connectivity index (χ4n) is 1.14. The number of rotatable bonds is 2. The van der Waals surface area contributed by atoms with Crippen LogP contribution in [0.25, 0.3) is 0 Å². The maximum absolute atomic E-state index is 8.61. The van der Waals surface area contributed by atoms with Gasteiger partial charge in [0.2, 0.25) is 0 Å². The van der Waals surface area contributed by atoms with Crippen LogP contribution in [0.5, 0.6) is 0 Å². The minimum atomic E-state index is 0.0697. The number of nitrogens with two attached hydrogens (primary N) is 1. The number of nitriles is 1. The molecule has 0 saturated heterocycles. The first-order valence-corrected chi connectivity index (χ1v) is 4.60. The lowest BCUT2D eigenvalue weighted by Gasteiger charge is -2.13. The molecule has 1 rings (SSSR count). The van der Waals surface area contributed by atoms with E-state index in [0.29, 0.717) is 5.56 Å². The van der Waals surface area contributed by atoms with E-state index in [1.807, 2.05) is 19.1 Å². The van der Waals surface area contributed by atoms with Gasteiger partial charge in [0.1, 0.15) is 0 Å². The maximum atomic E-state index is 8.61. The largest absolute Gasteiger partial charge is 0.376 e. The van der Waals surface area contributed by atoms with E-state index >= 15 is 0 Å². The summed E-state index contributed by atoms with van der Waals surface area (Å²) >= 11 is 4.73. The summed E-state index contributed by atoms with van der Waals surface area (Å²) in [6.45, 7) is 1.96. The summed E-state index contributed by atoms with van der Waals surface area (Å²) in [5, 5.41) is 11.8. The molecule has 4 heteroatoms. The zero-order valence-electron chi connectivity index (χ0n) is 7.82. The van der Waals surface area contributed by atoms with E-state index in [1.54, 1.807) is 12.1 Å². The minimum Gasteiger partial charge on any atom is -0.376 e. The molecule has 3 N–H and O–H groups in total. The highest BCUT2D eigenvalue weighted by Crippen LogP contribution is 2.12. The quantitative estimate of drug-likeness (QED) is 0.717. The topological polar surface area (TPSA) is 61.8 Å². The summed E-state index contributed by atoms with van der Waals surface area (Å²) in [6.07, 6.45) is 0. The van der Waals surface area contributed by atoms with Gasteiger partial charge in [0.05, 0.1) is 17.7 Å². The van der Waals surface area contributed by atoms with E-state index in [2.05, 4.69) is 11.4 Å². The highest BCUT2D eigenvalue weighted by atomic mass is 32.1. The van der Waals surface area contributed by atoms with Crippen LogP contribution >= 0.6 is 12.2 Å². The second kappa shape index (κ2) is 4.58. The third-order valence-electron chi connectivity index (χ3n) is 1.90. The number of hydrogen-bond acceptors (Lipinski definition) is 2. The number of nitrogens with zero attached hydrogens (tertiary/aromatic N) is 1. The lowest BCUT2D eigenvalue weighted by Crippen LogP contribution is -2.31. The number of benzene rings is 1. The van der Waals surface area contributed by atoms with E-state index in [-0.39, 0.29) is 11.2 Å². The fraction of sp³-hybridized carbons (Fsp3) is 0.200. The molecule has 3 nitrogen and oxygen atoms in total. The Labute approximate surface area is 88.5 Å². The molecule has 72 valence electrons. The molecule has 0 heterocycles. The maximum Gasteiger partial charge on any atom is 0.164 e. The van der Waals surface area contributed by atoms with Crippen molar-refractivity contribution in [1.29, 1.82) is 5.26 Å². The van der Waals surface area contributed by atoms with Crippen LogP contribution in [0, 0.1) is 11.3 Å². The molecule has 14 heavy (non-hydrogen) atoms. The van der Waals surface area contributed by atoms with Gasteiger partial charge in [-0.15, -0.1) is 0 Å². The summed E-state index contributed by atoms with van der Waals surface area (Å²) in [4.78, 5) is 0. The van der Waals surface area contributed by atoms with Crippen LogP contribution in [0.4, 0.5) is 0 Å². The highest BCUT2D eigenvalue weighted by Gasteiger charge is 2.04. The molecule has 0 amide bonds. The van der Waals surface area contributed by atoms with E-state index < -0.39 is 0 Å². The predicted molar refractivity (Wildman–Crippen MR) is 59.5 cm³/mol. The Balaban J connectivity index is 2.77. The Morgan fingerprint density at radius 1 is 1.50 bits per heavy atom. The first kappa shape index (κ1) is 10.5. The summed E-state index contributed by atoms with van der Waals surface area (Å²) in [7, 11) is 0. The Kier molecular flexibility index (Phi) is 3.43. The molecule has 0 saturated carbocycles. The van der Waals surface area contributed by atoms with Crippen LogP contribution in [-0.2, 0) is 0 Å². The SMILES string of the molecule is C[C@H](NC(N)=S)c1ccc(C#N)cc1. The Bertz CT molecular complexity index is 364. The van der Waals surface area contributed by atoms with Crippen molar-refractivity contribution < 1.29 is 0 Å². The third kappa shape index (κ3) is 2.71. The van der Waals surface area contributed by atoms with Crippen LogP contribution in [-0.4, -0.2) is 5.11 Å². The molecule has 0 unspecified atom stereocenters. The first-order valence-electron chi connectivity index (χ1n) is 4.19. The Morgan fingerprint density at radius 3 is 2.50 bits per heavy atom. The average Bonchev–Trinajstić information content (AvgIpc) is 2.17. The molecule has 1 aromatic rings. The zero-order chi connectivity index (χ0) is 10.6. The monoisotopic (exact) mass is 205 g/mol. The van der Waals surface area contributed by atoms with E-state index in [9.17, 15) is 0 Å². The summed E-state index contributed by atoms with van der Waals surface area (Å²) in [5.74, 6) is 0. The van der Waals surface area contributed by atoms with Gasteiger partial charge in [-0.1, -0.05) is 12.1 Å². The molecule has 0 fully saturated rings. The summed E-state index contributed by atoms with van der Waals surface area (Å²) in [5.41, 5.74) is 7.06. The van der Waals surface area contributed by atoms with Crippen molar-refractivity contribution in [1.82, 2.24) is 5.32 Å². The molecule has 0 aliphatic rings. The highest BCUT2D eigenvalue weighted by molar-refractivity contribution is 7.80. The lowest BCUT2D eigenvalue weighted by atomic mass is 10.1. The van der Waals surface area contributed by atoms with Gasteiger partial charge in [-0.05, 0) is 36.8 Å². The normalized spacial score (nSPS) is 11.4. The molecule has 0 spiro atoms. The average molecular weight is 205 g/mol. The molecule has 0 aliphatic heterocycles. The minimum absolute atomic E-state index is 0.0697. The van der Waals surface area contributed by atoms with Crippen molar-refractivity contribution in [3.8, 4) is 6.07 Å². The Hall–Kier alpha value is -1.60. The van der Waals surface area contributed by atoms with Crippen molar-refractivity contribution >= 4 is 17.3 Å². The van der Waals surface area contributed by atoms with Crippen molar-refractivity contribution in [3.05, 3.63) is 35.4 Å². The van der Waals surface area contributed by atoms with Gasteiger partial charge in [0.15, 0.2) is 5.11 Å². The van der Waals surface area contributed by atoms with E-state index in [1.165, 1.54) is 0 Å². The zero-order valence-corrected chi connectivity index (χ0v) is 8.64. The van der Waals surface area contributed by atoms with Gasteiger partial charge >= 0.3 is 0 Å². The van der Waals surface area contributed by atoms with Crippen molar-refractivity contribution in [2.45, 2.75) is 13.0 Å². The second-order valence-corrected chi connectivity index (χ2v) is 3.40. The number of nitrogens with one attached hydrogen (secondary N) is 1. The van der Waals surface area contributed by atoms with Gasteiger partial charge in [0.25, 0.3) is 0 Å². The van der Waals surface area contributed by atoms with Crippen LogP contribution in [0.15, 0.2) is 24.3 Å². The van der Waals surface area contributed by atoms with Crippen LogP contribution in [0.3, 0.4) is 0 Å². The molecular formula is C10H11N3S. The standard InChI is InChI=1S/C10H11N3S/c1-7(13-10(12)14)9-4-2-8(6-11)3-5-9/h2-5,7H,1H3,(H3,12,13,14)/t7-/m0/s1. The molecule has 0 radical (unpaired) electrons. The molecule has 0 bridgehead atoms. The molecule has 1 aromatic carbocycles. The van der Waals surface area contributed by atoms with E-state index in [0.717, 1.165) is 5.56 Å². The van der Waals surface area contributed by atoms with Crippen molar-refractivity contribution in [3.63, 3.8) is 0 Å². The smallest absolute Gasteiger partial charge is 0.164 e. The first-order chi connectivity index (χ1) is 6.63. The van der Waals surface area contributed by atoms with Gasteiger partial charge < -0.3 is 11.1 Å². The number of hydrogen-bond donors (Lipinski definition) is 2. The van der Waals surface area contributed by atoms with Gasteiger partial charge in [-0.3, -0.25) is 0 Å². The lowest BCUT2D eigenvalue weighted by molar-refractivity contribution is 0.719. The molecule has 0 aliphatic carbocycles. The molecule has 0 aromatic heterocycles. The molecular weight excluding hydrogens is 194 g/mol. The van der Waals surface area contributed by atoms with Crippen LogP contribution in [0.2, 0.25) is 0 Å². The van der Waals surface area contributed by atoms with Crippen LogP contribution < -0.4 is 11.1 Å². The van der Waals surface area contributed by atoms with Gasteiger partial charge in [0, 0.05) is 0 Å². The number of thiocarbonyl (C=S) groups is 1. The summed E-state index contributed by atoms with van der Waals surface area (Å²) < 4.78 is 0. The van der Waals surface area contributed by atoms with Crippen molar-refractivity contribution in [2.75, 3.05) is 0 Å². The second-order valence-electron chi connectivity index (χ2n) is 2.96. The summed E-state index contributed by atoms with van der Waals surface area (Å²) in [6, 6.07) is 9.44.